The third-order valence-corrected chi connectivity index (χ3v) is 4.93. The Morgan fingerprint density at radius 1 is 1.11 bits per heavy atom. The molecular formula is C14H17NO2S. The molecule has 1 saturated heterocycles. The standard InChI is InChI=1S/C14H17NO2S/c1-10(16)15-13(3,4)14(15,18-11(2)17)12-8-6-5-7-9-12/h5-9H,1-4H3. The van der Waals surface area contributed by atoms with Crippen LogP contribution in [-0.2, 0) is 14.5 Å². The summed E-state index contributed by atoms with van der Waals surface area (Å²) in [5, 5.41) is 0.0238. The first-order valence-electron chi connectivity index (χ1n) is 5.90. The van der Waals surface area contributed by atoms with Gasteiger partial charge in [0.05, 0.1) is 5.54 Å². The summed E-state index contributed by atoms with van der Waals surface area (Å²) < 4.78 is 0. The van der Waals surface area contributed by atoms with Gasteiger partial charge in [-0.1, -0.05) is 42.1 Å². The first-order chi connectivity index (χ1) is 8.34. The number of carbonyl (C=O) groups excluding carboxylic acids is 2. The summed E-state index contributed by atoms with van der Waals surface area (Å²) in [6, 6.07) is 9.75. The van der Waals surface area contributed by atoms with Crippen LogP contribution in [0.5, 0.6) is 0 Å². The molecule has 0 spiro atoms. The fourth-order valence-corrected chi connectivity index (χ4v) is 4.17. The van der Waals surface area contributed by atoms with E-state index in [1.165, 1.54) is 11.8 Å². The number of hydrogen-bond acceptors (Lipinski definition) is 3. The maximum atomic E-state index is 11.8. The maximum Gasteiger partial charge on any atom is 0.221 e. The van der Waals surface area contributed by atoms with Crippen molar-refractivity contribution >= 4 is 22.8 Å². The molecular weight excluding hydrogens is 246 g/mol. The molecule has 2 rings (SSSR count). The van der Waals surface area contributed by atoms with Crippen LogP contribution in [0.2, 0.25) is 0 Å². The third-order valence-electron chi connectivity index (χ3n) is 3.42. The van der Waals surface area contributed by atoms with Gasteiger partial charge in [0.15, 0.2) is 5.12 Å². The van der Waals surface area contributed by atoms with Gasteiger partial charge in [0.1, 0.15) is 4.87 Å². The normalized spacial score (nSPS) is 24.8. The zero-order valence-electron chi connectivity index (χ0n) is 11.1. The Hall–Kier alpha value is -1.29. The average molecular weight is 263 g/mol. The van der Waals surface area contributed by atoms with Crippen LogP contribution in [-0.4, -0.2) is 21.5 Å². The number of thioether (sulfide) groups is 1. The number of nitrogens with zero attached hydrogens (tertiary/aromatic N) is 1. The fraction of sp³-hybridized carbons (Fsp3) is 0.429. The van der Waals surface area contributed by atoms with E-state index >= 15 is 0 Å². The van der Waals surface area contributed by atoms with E-state index in [4.69, 9.17) is 0 Å². The molecule has 4 heteroatoms. The predicted molar refractivity (Wildman–Crippen MR) is 73.0 cm³/mol. The zero-order chi connectivity index (χ0) is 13.6. The van der Waals surface area contributed by atoms with Crippen LogP contribution >= 0.6 is 11.8 Å². The van der Waals surface area contributed by atoms with E-state index in [-0.39, 0.29) is 16.6 Å². The number of hydrogen-bond donors (Lipinski definition) is 0. The van der Waals surface area contributed by atoms with Crippen LogP contribution in [0.4, 0.5) is 0 Å². The van der Waals surface area contributed by atoms with E-state index < -0.39 is 4.87 Å². The summed E-state index contributed by atoms with van der Waals surface area (Å²) in [6.45, 7) is 7.09. The molecule has 3 nitrogen and oxygen atoms in total. The molecule has 0 saturated carbocycles. The SMILES string of the molecule is CC(=O)SC1(c2ccccc2)N(C(C)=O)C1(C)C. The molecule has 0 bridgehead atoms. The zero-order valence-corrected chi connectivity index (χ0v) is 11.9. The van der Waals surface area contributed by atoms with Crippen LogP contribution in [0.15, 0.2) is 30.3 Å². The van der Waals surface area contributed by atoms with Crippen LogP contribution in [0.1, 0.15) is 33.3 Å². The van der Waals surface area contributed by atoms with Crippen LogP contribution < -0.4 is 0 Å². The molecule has 1 heterocycles. The fourth-order valence-electron chi connectivity index (χ4n) is 2.75. The molecule has 18 heavy (non-hydrogen) atoms. The molecule has 0 radical (unpaired) electrons. The van der Waals surface area contributed by atoms with Crippen molar-refractivity contribution in [2.24, 2.45) is 0 Å². The van der Waals surface area contributed by atoms with Crippen molar-refractivity contribution in [3.63, 3.8) is 0 Å². The van der Waals surface area contributed by atoms with Gasteiger partial charge >= 0.3 is 0 Å². The number of amides is 1. The monoisotopic (exact) mass is 263 g/mol. The van der Waals surface area contributed by atoms with Gasteiger partial charge in [-0.3, -0.25) is 9.59 Å². The molecule has 1 aliphatic rings. The maximum absolute atomic E-state index is 11.8. The lowest BCUT2D eigenvalue weighted by atomic mass is 10.0. The second-order valence-corrected chi connectivity index (χ2v) is 6.39. The van der Waals surface area contributed by atoms with Gasteiger partial charge in [0, 0.05) is 13.8 Å². The molecule has 1 fully saturated rings. The second kappa shape index (κ2) is 4.12. The Labute approximate surface area is 112 Å². The third kappa shape index (κ3) is 1.67. The smallest absolute Gasteiger partial charge is 0.221 e. The lowest BCUT2D eigenvalue weighted by Gasteiger charge is -2.16. The molecule has 1 aromatic rings. The lowest BCUT2D eigenvalue weighted by Crippen LogP contribution is -2.18. The van der Waals surface area contributed by atoms with Crippen molar-refractivity contribution in [2.75, 3.05) is 0 Å². The Morgan fingerprint density at radius 3 is 2.06 bits per heavy atom. The van der Waals surface area contributed by atoms with Crippen molar-refractivity contribution in [1.29, 1.82) is 0 Å². The quantitative estimate of drug-likeness (QED) is 0.770. The van der Waals surface area contributed by atoms with Crippen molar-refractivity contribution < 1.29 is 9.59 Å². The lowest BCUT2D eigenvalue weighted by molar-refractivity contribution is -0.125. The number of benzene rings is 1. The molecule has 1 amide bonds. The minimum atomic E-state index is -0.550. The molecule has 0 aromatic heterocycles. The van der Waals surface area contributed by atoms with E-state index in [0.29, 0.717) is 0 Å². The van der Waals surface area contributed by atoms with Gasteiger partial charge < -0.3 is 4.90 Å². The van der Waals surface area contributed by atoms with Crippen LogP contribution in [0, 0.1) is 0 Å². The molecule has 1 aliphatic heterocycles. The average Bonchev–Trinajstić information content (AvgIpc) is 2.76. The van der Waals surface area contributed by atoms with E-state index in [9.17, 15) is 9.59 Å². The van der Waals surface area contributed by atoms with Crippen molar-refractivity contribution in [3.05, 3.63) is 35.9 Å². The number of rotatable bonds is 2. The summed E-state index contributed by atoms with van der Waals surface area (Å²) in [4.78, 5) is 24.6. The topological polar surface area (TPSA) is 37.1 Å². The second-order valence-electron chi connectivity index (χ2n) is 5.02. The van der Waals surface area contributed by atoms with E-state index in [1.54, 1.807) is 18.7 Å². The Kier molecular flexibility index (Phi) is 3.01. The highest BCUT2D eigenvalue weighted by Crippen LogP contribution is 2.65. The minimum absolute atomic E-state index is 0.00222. The highest BCUT2D eigenvalue weighted by Gasteiger charge is 2.73. The summed E-state index contributed by atoms with van der Waals surface area (Å²) in [6.07, 6.45) is 0. The van der Waals surface area contributed by atoms with E-state index in [2.05, 4.69) is 0 Å². The largest absolute Gasteiger partial charge is 0.313 e. The Morgan fingerprint density at radius 2 is 1.67 bits per heavy atom. The molecule has 0 aliphatic carbocycles. The van der Waals surface area contributed by atoms with Crippen LogP contribution in [0.3, 0.4) is 0 Å². The Balaban J connectivity index is 2.51. The summed E-state index contributed by atoms with van der Waals surface area (Å²) in [5.74, 6) is -0.00222. The Bertz CT molecular complexity index is 498. The van der Waals surface area contributed by atoms with E-state index in [1.807, 2.05) is 44.2 Å². The van der Waals surface area contributed by atoms with Gasteiger partial charge in [0.2, 0.25) is 5.91 Å². The van der Waals surface area contributed by atoms with Crippen molar-refractivity contribution in [2.45, 2.75) is 38.1 Å². The molecule has 1 aromatic carbocycles. The molecule has 0 N–H and O–H groups in total. The summed E-state index contributed by atoms with van der Waals surface area (Å²) >= 11 is 1.23. The summed E-state index contributed by atoms with van der Waals surface area (Å²) in [5.41, 5.74) is 0.668. The first-order valence-corrected chi connectivity index (χ1v) is 6.71. The predicted octanol–water partition coefficient (Wildman–Crippen LogP) is 2.76. The first kappa shape index (κ1) is 13.1. The molecule has 1 unspecified atom stereocenters. The van der Waals surface area contributed by atoms with Gasteiger partial charge in [-0.25, -0.2) is 0 Å². The van der Waals surface area contributed by atoms with Crippen molar-refractivity contribution in [3.8, 4) is 0 Å². The number of carbonyl (C=O) groups is 2. The van der Waals surface area contributed by atoms with Crippen molar-refractivity contribution in [1.82, 2.24) is 4.90 Å². The summed E-state index contributed by atoms with van der Waals surface area (Å²) in [7, 11) is 0. The molecule has 1 atom stereocenters. The van der Waals surface area contributed by atoms with E-state index in [0.717, 1.165) is 5.56 Å². The highest BCUT2D eigenvalue weighted by molar-refractivity contribution is 8.14. The van der Waals surface area contributed by atoms with Gasteiger partial charge in [0.25, 0.3) is 0 Å². The minimum Gasteiger partial charge on any atom is -0.313 e. The van der Waals surface area contributed by atoms with Gasteiger partial charge in [-0.05, 0) is 19.4 Å². The van der Waals surface area contributed by atoms with Gasteiger partial charge in [-0.15, -0.1) is 0 Å². The highest BCUT2D eigenvalue weighted by atomic mass is 32.2. The van der Waals surface area contributed by atoms with Crippen LogP contribution in [0.25, 0.3) is 0 Å². The van der Waals surface area contributed by atoms with Gasteiger partial charge in [-0.2, -0.15) is 0 Å². The molecule has 96 valence electrons.